The van der Waals surface area contributed by atoms with Crippen LogP contribution >= 0.6 is 0 Å². The van der Waals surface area contributed by atoms with Gasteiger partial charge < -0.3 is 0 Å². The molecule has 0 aliphatic carbocycles. The molecule has 0 N–H and O–H groups in total. The number of hydrogen-bond acceptors (Lipinski definition) is 12. The van der Waals surface area contributed by atoms with Gasteiger partial charge in [0.05, 0.1) is 0 Å². The van der Waals surface area contributed by atoms with E-state index in [-0.39, 0.29) is 0 Å². The van der Waals surface area contributed by atoms with Gasteiger partial charge in [0.2, 0.25) is 0 Å². The van der Waals surface area contributed by atoms with Gasteiger partial charge in [-0.25, -0.2) is 0 Å². The Hall–Kier alpha value is 2.48. The topological polar surface area (TPSA) is 111 Å². The average Bonchev–Trinajstić information content (AvgIpc) is 2.70. The van der Waals surface area contributed by atoms with Crippen molar-refractivity contribution in [1.82, 2.24) is 0 Å². The Morgan fingerprint density at radius 1 is 0.196 bits per heavy atom. The Bertz CT molecular complexity index is 856. The van der Waals surface area contributed by atoms with Gasteiger partial charge >= 0.3 is 321 Å². The molecule has 0 heterocycles. The van der Waals surface area contributed by atoms with Crippen LogP contribution in [0.2, 0.25) is 0 Å². The maximum atomic E-state index is 7.72. The van der Waals surface area contributed by atoms with Gasteiger partial charge in [-0.1, -0.05) is 0 Å². The van der Waals surface area contributed by atoms with E-state index in [9.17, 15) is 0 Å². The van der Waals surface area contributed by atoms with Crippen LogP contribution in [0.5, 0.6) is 0 Å². The van der Waals surface area contributed by atoms with Gasteiger partial charge in [0, 0.05) is 0 Å². The van der Waals surface area contributed by atoms with Crippen LogP contribution in [0.25, 0.3) is 0 Å². The molecule has 0 bridgehead atoms. The predicted molar refractivity (Wildman–Crippen MR) is 200 cm³/mol. The molecule has 15 heteroatoms. The quantitative estimate of drug-likeness (QED) is 0.0770. The molecule has 0 aromatic carbocycles. The van der Waals surface area contributed by atoms with Crippen LogP contribution in [0.1, 0.15) is 166 Å². The summed E-state index contributed by atoms with van der Waals surface area (Å²) in [5.74, 6) is 0. The Morgan fingerprint density at radius 2 is 0.275 bits per heavy atom. The van der Waals surface area contributed by atoms with Gasteiger partial charge in [-0.2, -0.15) is 0 Å². The molecule has 0 fully saturated rings. The normalized spacial score (nSPS) is 18.4. The van der Waals surface area contributed by atoms with Crippen LogP contribution in [-0.2, 0) is 51.4 Å². The Kier molecular flexibility index (Phi) is 16.7. The monoisotopic (exact) mass is 1160 g/mol. The van der Waals surface area contributed by atoms with E-state index in [1.165, 1.54) is 0 Å². The van der Waals surface area contributed by atoms with Crippen LogP contribution in [0, 0.1) is 0 Å². The molecule has 0 aliphatic rings. The van der Waals surface area contributed by atoms with Crippen LogP contribution in [0.15, 0.2) is 0 Å². The van der Waals surface area contributed by atoms with Crippen molar-refractivity contribution in [3.05, 3.63) is 0 Å². The standard InChI is InChI=1S/12C3H7O.Sr.2Ta/c12*1-3(2)4;;;/h12*3H,1-2H3;;;/q12*-1;;2*+6. The first kappa shape index (κ1) is 53.5. The second-order valence-corrected chi connectivity index (χ2v) is 172. The molecule has 0 amide bonds. The zero-order chi connectivity index (χ0) is 40.9. The zero-order valence-corrected chi connectivity index (χ0v) is 47.3. The van der Waals surface area contributed by atoms with E-state index in [2.05, 4.69) is 0 Å². The van der Waals surface area contributed by atoms with Gasteiger partial charge in [0.25, 0.3) is 0 Å². The van der Waals surface area contributed by atoms with E-state index in [0.29, 0.717) is 0 Å². The van der Waals surface area contributed by atoms with E-state index in [4.69, 9.17) is 38.9 Å². The molecular formula is C36H84O12SrTa2. The summed E-state index contributed by atoms with van der Waals surface area (Å²) >= 11 is -4.70. The molecule has 0 rings (SSSR count). The Labute approximate surface area is 317 Å². The summed E-state index contributed by atoms with van der Waals surface area (Å²) in [4.78, 5) is 0. The average molecular weight is 1160 g/mol. The molecule has 0 atom stereocenters. The summed E-state index contributed by atoms with van der Waals surface area (Å²) in [5.41, 5.74) is 0. The molecule has 0 saturated carbocycles. The van der Waals surface area contributed by atoms with Crippen molar-refractivity contribution in [3.8, 4) is 0 Å². The Balaban J connectivity index is 11.1. The molecule has 51 heavy (non-hydrogen) atoms. The summed E-state index contributed by atoms with van der Waals surface area (Å²) < 4.78 is 92.6. The molecule has 0 aromatic heterocycles. The predicted octanol–water partition coefficient (Wildman–Crippen LogP) is 10.1. The van der Waals surface area contributed by atoms with E-state index in [0.717, 1.165) is 0 Å². The molecule has 0 spiro atoms. The first-order chi connectivity index (χ1) is 22.5. The summed E-state index contributed by atoms with van der Waals surface area (Å²) in [7, 11) is 0. The van der Waals surface area contributed by atoms with Gasteiger partial charge in [-0.15, -0.1) is 0 Å². The minimum absolute atomic E-state index is 0.680. The molecule has 0 radical (unpaired) electrons. The fourth-order valence-electron chi connectivity index (χ4n) is 8.95. The third kappa shape index (κ3) is 11.0. The van der Waals surface area contributed by atoms with Crippen LogP contribution in [-0.4, -0.2) is 104 Å². The maximum absolute atomic E-state index is 8.97. The van der Waals surface area contributed by atoms with E-state index in [1.807, 2.05) is 166 Å². The van der Waals surface area contributed by atoms with Crippen molar-refractivity contribution in [1.29, 1.82) is 0 Å². The van der Waals surface area contributed by atoms with Gasteiger partial charge in [-0.3, -0.25) is 0 Å². The summed E-state index contributed by atoms with van der Waals surface area (Å²) in [6, 6.07) is 0. The molecule has 12 nitrogen and oxygen atoms in total. The van der Waals surface area contributed by atoms with Crippen LogP contribution in [0.4, 0.5) is 0 Å². The molecule has 0 saturated heterocycles. The van der Waals surface area contributed by atoms with Crippen molar-refractivity contribution in [2.24, 2.45) is 0 Å². The van der Waals surface area contributed by atoms with Crippen LogP contribution in [0.3, 0.4) is 0 Å². The fourth-order valence-corrected chi connectivity index (χ4v) is 630. The van der Waals surface area contributed by atoms with E-state index >= 15 is 0 Å². The summed E-state index contributed by atoms with van der Waals surface area (Å²) in [6.07, 6.45) is -26.1. The second kappa shape index (κ2) is 15.9. The van der Waals surface area contributed by atoms with Crippen LogP contribution < -0.4 is 0 Å². The van der Waals surface area contributed by atoms with E-state index < -0.39 is 116 Å². The van der Waals surface area contributed by atoms with E-state index in [1.54, 1.807) is 0 Å². The second-order valence-electron chi connectivity index (χ2n) is 17.8. The zero-order valence-electron chi connectivity index (χ0n) is 37.4. The Morgan fingerprint density at radius 3 is 0.333 bits per heavy atom. The molecular weight excluding hydrogens is 1070 g/mol. The number of hydrogen-bond donors (Lipinski definition) is 0. The van der Waals surface area contributed by atoms with Crippen molar-refractivity contribution in [2.75, 3.05) is 0 Å². The third-order valence-electron chi connectivity index (χ3n) is 6.70. The first-order valence-electron chi connectivity index (χ1n) is 19.5. The third-order valence-corrected chi connectivity index (χ3v) is 360. The van der Waals surface area contributed by atoms with Crippen molar-refractivity contribution in [2.45, 2.75) is 239 Å². The first-order valence-corrected chi connectivity index (χ1v) is 65.2. The fraction of sp³-hybridized carbons (Fsp3) is 1.00. The van der Waals surface area contributed by atoms with Gasteiger partial charge in [-0.05, 0) is 0 Å². The molecule has 0 unspecified atom stereocenters. The number of rotatable bonds is 26. The summed E-state index contributed by atoms with van der Waals surface area (Å²) in [5, 5.41) is 0. The van der Waals surface area contributed by atoms with Gasteiger partial charge in [0.1, 0.15) is 0 Å². The minimum atomic E-state index is -8.97. The molecule has 312 valence electrons. The van der Waals surface area contributed by atoms with Crippen molar-refractivity contribution in [3.63, 3.8) is 0 Å². The summed E-state index contributed by atoms with van der Waals surface area (Å²) in [6.45, 7) is 45.3. The molecule has 0 aromatic rings. The van der Waals surface area contributed by atoms with Crippen molar-refractivity contribution >= 4 is 30.6 Å². The molecule has 0 aliphatic heterocycles. The SMILES string of the molecule is CC(C)[O][Ta]([O]C(C)C)([O]C(C)C)([O]C(C)C)([O]C(C)C)([O]C(C)C)[Sr][Ta]([O]C(C)C)([O]C(C)C)([O]C(C)C)([O]C(C)C)([O]C(C)C)[O]C(C)C. The van der Waals surface area contributed by atoms with Crippen molar-refractivity contribution < 1.29 is 51.4 Å². The van der Waals surface area contributed by atoms with Gasteiger partial charge in [0.15, 0.2) is 0 Å².